The van der Waals surface area contributed by atoms with Crippen LogP contribution in [0.2, 0.25) is 0 Å². The number of fused-ring (bicyclic) bond motifs is 1. The number of aromatic amines is 1. The van der Waals surface area contributed by atoms with Gasteiger partial charge in [-0.25, -0.2) is 9.37 Å². The van der Waals surface area contributed by atoms with E-state index in [1.54, 1.807) is 6.20 Å². The molecule has 2 saturated carbocycles. The number of H-pyrrole nitrogens is 1. The number of nitrogens with zero attached hydrogens (tertiary/aromatic N) is 2. The molecule has 5 nitrogen and oxygen atoms in total. The molecule has 29 heavy (non-hydrogen) atoms. The molecule has 0 aromatic carbocycles. The Morgan fingerprint density at radius 2 is 2.03 bits per heavy atom. The van der Waals surface area contributed by atoms with Crippen LogP contribution in [0.3, 0.4) is 0 Å². The highest BCUT2D eigenvalue weighted by molar-refractivity contribution is 5.85. The van der Waals surface area contributed by atoms with Gasteiger partial charge in [-0.15, -0.1) is 0 Å². The van der Waals surface area contributed by atoms with Crippen molar-refractivity contribution in [1.29, 1.82) is 0 Å². The average Bonchev–Trinajstić information content (AvgIpc) is 3.05. The van der Waals surface area contributed by atoms with E-state index in [1.807, 2.05) is 13.8 Å². The van der Waals surface area contributed by atoms with E-state index in [2.05, 4.69) is 21.8 Å². The van der Waals surface area contributed by atoms with Gasteiger partial charge in [-0.2, -0.15) is 0 Å². The molecule has 2 unspecified atom stereocenters. The molecule has 0 spiro atoms. The molecule has 4 heterocycles. The molecule has 1 amide bonds. The maximum Gasteiger partial charge on any atom is 0.223 e. The summed E-state index contributed by atoms with van der Waals surface area (Å²) in [5.74, 6) is 0.519. The molecule has 2 aliphatic heterocycles. The first-order chi connectivity index (χ1) is 13.7. The summed E-state index contributed by atoms with van der Waals surface area (Å²) in [7, 11) is 0. The number of nitrogens with one attached hydrogen (secondary N) is 1. The van der Waals surface area contributed by atoms with Crippen molar-refractivity contribution < 1.29 is 14.3 Å². The van der Waals surface area contributed by atoms with E-state index < -0.39 is 17.8 Å². The smallest absolute Gasteiger partial charge is 0.223 e. The van der Waals surface area contributed by atoms with E-state index in [1.165, 1.54) is 12.6 Å². The second kappa shape index (κ2) is 6.27. The molecular weight excluding hydrogens is 369 g/mol. The third-order valence-corrected chi connectivity index (χ3v) is 7.73. The molecular formula is C23H30FN3O2. The van der Waals surface area contributed by atoms with Crippen molar-refractivity contribution in [2.75, 3.05) is 0 Å². The lowest BCUT2D eigenvalue weighted by Gasteiger charge is -2.61. The molecule has 2 aromatic rings. The topological polar surface area (TPSA) is 69.2 Å². The molecule has 4 aliphatic rings. The van der Waals surface area contributed by atoms with Gasteiger partial charge in [-0.05, 0) is 49.0 Å². The van der Waals surface area contributed by atoms with Crippen molar-refractivity contribution in [2.24, 2.45) is 11.3 Å². The van der Waals surface area contributed by atoms with Gasteiger partial charge in [0.2, 0.25) is 5.91 Å². The Kier molecular flexibility index (Phi) is 4.12. The van der Waals surface area contributed by atoms with Gasteiger partial charge in [-0.3, -0.25) is 4.79 Å². The van der Waals surface area contributed by atoms with Crippen LogP contribution >= 0.6 is 0 Å². The van der Waals surface area contributed by atoms with Crippen LogP contribution in [0, 0.1) is 17.2 Å². The predicted molar refractivity (Wildman–Crippen MR) is 109 cm³/mol. The van der Waals surface area contributed by atoms with Gasteiger partial charge in [0.15, 0.2) is 0 Å². The van der Waals surface area contributed by atoms with Crippen molar-refractivity contribution in [1.82, 2.24) is 14.9 Å². The summed E-state index contributed by atoms with van der Waals surface area (Å²) in [4.78, 5) is 22.9. The quantitative estimate of drug-likeness (QED) is 0.815. The van der Waals surface area contributed by atoms with Gasteiger partial charge in [0, 0.05) is 41.9 Å². The van der Waals surface area contributed by atoms with Crippen molar-refractivity contribution in [3.8, 4) is 0 Å². The number of halogens is 1. The summed E-state index contributed by atoms with van der Waals surface area (Å²) in [5.41, 5.74) is 1.26. The van der Waals surface area contributed by atoms with E-state index in [0.29, 0.717) is 35.0 Å². The molecule has 2 atom stereocenters. The third kappa shape index (κ3) is 2.90. The Labute approximate surface area is 170 Å². The Bertz CT molecular complexity index is 966. The Hall–Kier alpha value is -1.95. The van der Waals surface area contributed by atoms with Crippen LogP contribution in [-0.4, -0.2) is 38.0 Å². The van der Waals surface area contributed by atoms with E-state index in [0.717, 1.165) is 37.2 Å². The number of rotatable bonds is 4. The van der Waals surface area contributed by atoms with Gasteiger partial charge in [0.25, 0.3) is 0 Å². The van der Waals surface area contributed by atoms with E-state index in [-0.39, 0.29) is 11.5 Å². The van der Waals surface area contributed by atoms with Crippen LogP contribution in [0.5, 0.6) is 0 Å². The molecule has 6 heteroatoms. The fourth-order valence-electron chi connectivity index (χ4n) is 6.72. The number of aromatic nitrogens is 2. The summed E-state index contributed by atoms with van der Waals surface area (Å²) in [6.07, 6.45) is 9.32. The summed E-state index contributed by atoms with van der Waals surface area (Å²) in [5, 5.41) is 9.80. The van der Waals surface area contributed by atoms with Crippen LogP contribution in [0.15, 0.2) is 12.4 Å². The summed E-state index contributed by atoms with van der Waals surface area (Å²) >= 11 is 0. The number of aliphatic hydroxyl groups is 1. The first-order valence-electron chi connectivity index (χ1n) is 10.8. The lowest BCUT2D eigenvalue weighted by atomic mass is 9.56. The zero-order valence-corrected chi connectivity index (χ0v) is 17.5. The SMILES string of the molecule is CC12CC3CC(C1)N(C(=O)CC(C)(C)c1c[nH]c4ncc(CO)c(F)c14)C(C3)C2. The maximum absolute atomic E-state index is 14.9. The largest absolute Gasteiger partial charge is 0.392 e. The number of carbonyl (C=O) groups is 1. The van der Waals surface area contributed by atoms with Gasteiger partial charge in [0.1, 0.15) is 11.5 Å². The number of hydrogen-bond donors (Lipinski definition) is 2. The Morgan fingerprint density at radius 1 is 1.34 bits per heavy atom. The van der Waals surface area contributed by atoms with Crippen LogP contribution in [-0.2, 0) is 16.8 Å². The number of aliphatic hydroxyl groups excluding tert-OH is 1. The minimum Gasteiger partial charge on any atom is -0.392 e. The fraction of sp³-hybridized carbons (Fsp3) is 0.652. The lowest BCUT2D eigenvalue weighted by Crippen LogP contribution is -2.63. The zero-order chi connectivity index (χ0) is 20.6. The fourth-order valence-corrected chi connectivity index (χ4v) is 6.72. The average molecular weight is 400 g/mol. The molecule has 4 fully saturated rings. The highest BCUT2D eigenvalue weighted by atomic mass is 19.1. The molecule has 2 aliphatic carbocycles. The highest BCUT2D eigenvalue weighted by Gasteiger charge is 2.53. The number of hydrogen-bond acceptors (Lipinski definition) is 3. The molecule has 156 valence electrons. The van der Waals surface area contributed by atoms with E-state index >= 15 is 0 Å². The normalized spacial score (nSPS) is 31.1. The summed E-state index contributed by atoms with van der Waals surface area (Å²) < 4.78 is 14.9. The molecule has 2 saturated heterocycles. The van der Waals surface area contributed by atoms with Crippen molar-refractivity contribution >= 4 is 16.9 Å². The Morgan fingerprint density at radius 3 is 2.66 bits per heavy atom. The summed E-state index contributed by atoms with van der Waals surface area (Å²) in [6.45, 7) is 5.99. The maximum atomic E-state index is 14.9. The van der Waals surface area contributed by atoms with Crippen LogP contribution < -0.4 is 0 Å². The first kappa shape index (κ1) is 19.0. The zero-order valence-electron chi connectivity index (χ0n) is 17.5. The molecule has 2 N–H and O–H groups in total. The Balaban J connectivity index is 1.43. The minimum absolute atomic E-state index is 0.179. The van der Waals surface area contributed by atoms with Crippen LogP contribution in [0.1, 0.15) is 70.4 Å². The first-order valence-corrected chi connectivity index (χ1v) is 10.8. The number of pyridine rings is 1. The third-order valence-electron chi connectivity index (χ3n) is 7.73. The van der Waals surface area contributed by atoms with Gasteiger partial charge in [0.05, 0.1) is 12.0 Å². The number of carbonyl (C=O) groups excluding carboxylic acids is 1. The monoisotopic (exact) mass is 399 g/mol. The number of piperidine rings is 2. The van der Waals surface area contributed by atoms with Gasteiger partial charge < -0.3 is 15.0 Å². The van der Waals surface area contributed by atoms with E-state index in [9.17, 15) is 14.3 Å². The molecule has 4 bridgehead atoms. The second-order valence-electron chi connectivity index (χ2n) is 10.6. The second-order valence-corrected chi connectivity index (χ2v) is 10.6. The van der Waals surface area contributed by atoms with Crippen LogP contribution in [0.25, 0.3) is 11.0 Å². The lowest BCUT2D eigenvalue weighted by molar-refractivity contribution is -0.157. The number of amides is 1. The minimum atomic E-state index is -0.537. The van der Waals surface area contributed by atoms with Crippen molar-refractivity contribution in [2.45, 2.75) is 83.4 Å². The molecule has 2 aromatic heterocycles. The predicted octanol–water partition coefficient (Wildman–Crippen LogP) is 4.04. The highest BCUT2D eigenvalue weighted by Crippen LogP contribution is 2.56. The standard InChI is InChI=1S/C23H30FN3O2/c1-22(2,17-11-26-21-19(17)20(24)14(12-28)10-25-21)9-18(29)27-15-4-13-5-16(27)8-23(3,6-13)7-15/h10-11,13,15-16,28H,4-9,12H2,1-3H3,(H,25,26). The molecule has 0 radical (unpaired) electrons. The van der Waals surface area contributed by atoms with Gasteiger partial charge in [-0.1, -0.05) is 20.8 Å². The van der Waals surface area contributed by atoms with E-state index in [4.69, 9.17) is 0 Å². The van der Waals surface area contributed by atoms with Gasteiger partial charge >= 0.3 is 0 Å². The molecule has 6 rings (SSSR count). The van der Waals surface area contributed by atoms with Crippen molar-refractivity contribution in [3.63, 3.8) is 0 Å². The van der Waals surface area contributed by atoms with Crippen LogP contribution in [0.4, 0.5) is 4.39 Å². The summed E-state index contributed by atoms with van der Waals surface area (Å²) in [6, 6.07) is 0.744. The van der Waals surface area contributed by atoms with Crippen molar-refractivity contribution in [3.05, 3.63) is 29.3 Å².